The quantitative estimate of drug-likeness (QED) is 0.556. The molecule has 1 rings (SSSR count). The second-order valence-electron chi connectivity index (χ2n) is 2.05. The Morgan fingerprint density at radius 1 is 1.55 bits per heavy atom. The summed E-state index contributed by atoms with van der Waals surface area (Å²) in [4.78, 5) is 10.4. The Kier molecular flexibility index (Phi) is 1.68. The van der Waals surface area contributed by atoms with E-state index in [-0.39, 0.29) is 17.0 Å². The van der Waals surface area contributed by atoms with Gasteiger partial charge in [0.2, 0.25) is 0 Å². The molecule has 3 N–H and O–H groups in total. The molecule has 4 heteroatoms. The van der Waals surface area contributed by atoms with Crippen molar-refractivity contribution in [1.29, 1.82) is 0 Å². The fourth-order valence-corrected chi connectivity index (χ4v) is 0.736. The summed E-state index contributed by atoms with van der Waals surface area (Å²) in [6.45, 7) is 0. The van der Waals surface area contributed by atoms with E-state index in [9.17, 15) is 9.90 Å². The Labute approximate surface area is 62.9 Å². The van der Waals surface area contributed by atoms with Crippen LogP contribution in [0.5, 0.6) is 5.75 Å². The van der Waals surface area contributed by atoms with E-state index in [1.807, 2.05) is 0 Å². The molecule has 0 amide bonds. The van der Waals surface area contributed by atoms with Crippen molar-refractivity contribution in [3.05, 3.63) is 23.8 Å². The van der Waals surface area contributed by atoms with Gasteiger partial charge in [0.05, 0.1) is 5.56 Å². The van der Waals surface area contributed by atoms with Gasteiger partial charge in [-0.1, -0.05) is 6.07 Å². The number of hydrogen-bond acceptors (Lipinski definition) is 3. The first kappa shape index (κ1) is 7.40. The lowest BCUT2D eigenvalue weighted by Gasteiger charge is -2.06. The molecule has 0 fully saturated rings. The molecular formula is C7H6NO3-. The minimum Gasteiger partial charge on any atom is -0.872 e. The van der Waals surface area contributed by atoms with E-state index in [4.69, 9.17) is 10.8 Å². The Balaban J connectivity index is 3.20. The Bertz CT molecular complexity index is 296. The largest absolute Gasteiger partial charge is 0.872 e. The van der Waals surface area contributed by atoms with Crippen LogP contribution in [0.2, 0.25) is 0 Å². The van der Waals surface area contributed by atoms with Gasteiger partial charge in [-0.2, -0.15) is 0 Å². The van der Waals surface area contributed by atoms with Crippen molar-refractivity contribution in [2.24, 2.45) is 0 Å². The molecule has 0 bridgehead atoms. The van der Waals surface area contributed by atoms with E-state index in [0.29, 0.717) is 0 Å². The van der Waals surface area contributed by atoms with E-state index in [2.05, 4.69) is 0 Å². The van der Waals surface area contributed by atoms with Crippen LogP contribution in [0.3, 0.4) is 0 Å². The van der Waals surface area contributed by atoms with Gasteiger partial charge in [-0.25, -0.2) is 4.79 Å². The van der Waals surface area contributed by atoms with Crippen LogP contribution in [0.4, 0.5) is 5.69 Å². The van der Waals surface area contributed by atoms with E-state index in [1.54, 1.807) is 0 Å². The molecule has 0 heterocycles. The average molecular weight is 152 g/mol. The van der Waals surface area contributed by atoms with Gasteiger partial charge in [0.1, 0.15) is 0 Å². The number of benzene rings is 1. The maximum Gasteiger partial charge on any atom is 0.337 e. The topological polar surface area (TPSA) is 86.4 Å². The van der Waals surface area contributed by atoms with Crippen LogP contribution < -0.4 is 10.8 Å². The number of rotatable bonds is 1. The molecule has 0 aliphatic rings. The number of carbonyl (C=O) groups is 1. The van der Waals surface area contributed by atoms with E-state index >= 15 is 0 Å². The van der Waals surface area contributed by atoms with Crippen molar-refractivity contribution in [2.75, 3.05) is 5.73 Å². The van der Waals surface area contributed by atoms with Gasteiger partial charge in [-0.3, -0.25) is 0 Å². The minimum absolute atomic E-state index is 0.00463. The molecule has 0 saturated heterocycles. The smallest absolute Gasteiger partial charge is 0.337 e. The highest BCUT2D eigenvalue weighted by Crippen LogP contribution is 2.15. The normalized spacial score (nSPS) is 9.45. The monoisotopic (exact) mass is 152 g/mol. The van der Waals surface area contributed by atoms with E-state index < -0.39 is 5.97 Å². The molecule has 0 spiro atoms. The van der Waals surface area contributed by atoms with E-state index in [1.165, 1.54) is 12.1 Å². The Morgan fingerprint density at radius 2 is 2.18 bits per heavy atom. The van der Waals surface area contributed by atoms with Crippen molar-refractivity contribution in [3.63, 3.8) is 0 Å². The first-order chi connectivity index (χ1) is 5.11. The third-order valence-electron chi connectivity index (χ3n) is 1.25. The highest BCUT2D eigenvalue weighted by molar-refractivity contribution is 5.93. The van der Waals surface area contributed by atoms with Crippen LogP contribution in [-0.2, 0) is 0 Å². The molecule has 0 aliphatic heterocycles. The van der Waals surface area contributed by atoms with Crippen LogP contribution >= 0.6 is 0 Å². The molecule has 4 nitrogen and oxygen atoms in total. The minimum atomic E-state index is -1.12. The Morgan fingerprint density at radius 3 is 2.64 bits per heavy atom. The summed E-state index contributed by atoms with van der Waals surface area (Å²) in [6, 6.07) is 3.45. The second-order valence-corrected chi connectivity index (χ2v) is 2.05. The summed E-state index contributed by atoms with van der Waals surface area (Å²) < 4.78 is 0. The summed E-state index contributed by atoms with van der Waals surface area (Å²) in [5, 5.41) is 19.1. The van der Waals surface area contributed by atoms with Gasteiger partial charge in [0.15, 0.2) is 0 Å². The van der Waals surface area contributed by atoms with E-state index in [0.717, 1.165) is 6.07 Å². The molecule has 1 aromatic rings. The van der Waals surface area contributed by atoms with Gasteiger partial charge < -0.3 is 15.9 Å². The summed E-state index contributed by atoms with van der Waals surface area (Å²) in [5.41, 5.74) is 5.21. The zero-order valence-electron chi connectivity index (χ0n) is 5.57. The lowest BCUT2D eigenvalue weighted by Crippen LogP contribution is -2.03. The summed E-state index contributed by atoms with van der Waals surface area (Å²) >= 11 is 0. The summed E-state index contributed by atoms with van der Waals surface area (Å²) in [7, 11) is 0. The van der Waals surface area contributed by atoms with Crippen LogP contribution in [-0.4, -0.2) is 11.1 Å². The number of hydrogen-bond donors (Lipinski definition) is 2. The zero-order chi connectivity index (χ0) is 8.43. The number of nitrogens with two attached hydrogens (primary N) is 1. The van der Waals surface area contributed by atoms with Crippen molar-refractivity contribution in [3.8, 4) is 5.75 Å². The number of carboxylic acid groups (broad SMARTS) is 1. The Hall–Kier alpha value is -1.71. The lowest BCUT2D eigenvalue weighted by atomic mass is 10.2. The summed E-state index contributed by atoms with van der Waals surface area (Å²) in [5.74, 6) is -1.41. The maximum atomic E-state index is 10.6. The van der Waals surface area contributed by atoms with Crippen molar-refractivity contribution in [1.82, 2.24) is 0 Å². The average Bonchev–Trinajstić information content (AvgIpc) is 1.85. The fourth-order valence-electron chi connectivity index (χ4n) is 0.736. The molecule has 0 aliphatic carbocycles. The van der Waals surface area contributed by atoms with Crippen molar-refractivity contribution < 1.29 is 15.0 Å². The molecule has 11 heavy (non-hydrogen) atoms. The molecule has 58 valence electrons. The molecular weight excluding hydrogens is 146 g/mol. The van der Waals surface area contributed by atoms with Crippen LogP contribution in [0.1, 0.15) is 10.4 Å². The first-order valence-electron chi connectivity index (χ1n) is 2.91. The summed E-state index contributed by atoms with van der Waals surface area (Å²) in [6.07, 6.45) is 0. The van der Waals surface area contributed by atoms with Gasteiger partial charge in [-0.05, 0) is 12.1 Å². The number of nitrogen functional groups attached to an aromatic ring is 1. The van der Waals surface area contributed by atoms with Gasteiger partial charge in [-0.15, -0.1) is 5.75 Å². The zero-order valence-corrected chi connectivity index (χ0v) is 5.57. The van der Waals surface area contributed by atoms with Crippen LogP contribution in [0, 0.1) is 0 Å². The van der Waals surface area contributed by atoms with Gasteiger partial charge >= 0.3 is 5.97 Å². The number of aromatic carboxylic acids is 1. The lowest BCUT2D eigenvalue weighted by molar-refractivity contribution is -0.268. The fraction of sp³-hybridized carbons (Fsp3) is 0. The standard InChI is InChI=1S/C7H7NO3/c8-6-3-4(9)1-2-5(6)7(10)11/h1-3,9H,8H2,(H,10,11)/p-1. The highest BCUT2D eigenvalue weighted by atomic mass is 16.4. The molecule has 1 aromatic carbocycles. The van der Waals surface area contributed by atoms with Crippen LogP contribution in [0.25, 0.3) is 0 Å². The number of anilines is 1. The second kappa shape index (κ2) is 2.49. The molecule has 0 aromatic heterocycles. The third-order valence-corrected chi connectivity index (χ3v) is 1.25. The van der Waals surface area contributed by atoms with Gasteiger partial charge in [0.25, 0.3) is 0 Å². The SMILES string of the molecule is Nc1cc([O-])ccc1C(=O)O. The first-order valence-corrected chi connectivity index (χ1v) is 2.91. The molecule has 0 radical (unpaired) electrons. The van der Waals surface area contributed by atoms with Crippen molar-refractivity contribution >= 4 is 11.7 Å². The third kappa shape index (κ3) is 1.40. The highest BCUT2D eigenvalue weighted by Gasteiger charge is 2.04. The molecule has 0 saturated carbocycles. The predicted molar refractivity (Wildman–Crippen MR) is 37.3 cm³/mol. The molecule has 0 unspecified atom stereocenters. The van der Waals surface area contributed by atoms with Gasteiger partial charge in [0, 0.05) is 5.69 Å². The molecule has 0 atom stereocenters. The predicted octanol–water partition coefficient (Wildman–Crippen LogP) is 0.0406. The number of carboxylic acids is 1. The van der Waals surface area contributed by atoms with Crippen molar-refractivity contribution in [2.45, 2.75) is 0 Å². The maximum absolute atomic E-state index is 10.6. The van der Waals surface area contributed by atoms with Crippen LogP contribution in [0.15, 0.2) is 18.2 Å².